The number of anilines is 1. The van der Waals surface area contributed by atoms with Crippen LogP contribution in [0.15, 0.2) is 24.3 Å². The first kappa shape index (κ1) is 13.9. The number of nitrogens with one attached hydrogen (secondary N) is 1. The molecule has 0 amide bonds. The van der Waals surface area contributed by atoms with E-state index in [9.17, 15) is 4.79 Å². The Bertz CT molecular complexity index is 448. The Morgan fingerprint density at radius 2 is 2.16 bits per heavy atom. The van der Waals surface area contributed by atoms with Gasteiger partial charge in [0.05, 0.1) is 12.7 Å². The molecule has 2 rings (SSSR count). The van der Waals surface area contributed by atoms with Crippen molar-refractivity contribution in [3.05, 3.63) is 29.8 Å². The van der Waals surface area contributed by atoms with Gasteiger partial charge in [0.1, 0.15) is 0 Å². The topological polar surface area (TPSA) is 41.6 Å². The summed E-state index contributed by atoms with van der Waals surface area (Å²) in [6, 6.07) is 8.51. The number of ether oxygens (including phenoxy) is 1. The van der Waals surface area contributed by atoms with Crippen LogP contribution in [0.1, 0.15) is 30.1 Å². The minimum absolute atomic E-state index is 0.288. The molecule has 1 heterocycles. The average molecular weight is 262 g/mol. The molecule has 1 aliphatic heterocycles. The number of likely N-dealkylation sites (tertiary alicyclic amines) is 1. The smallest absolute Gasteiger partial charge is 0.339 e. The Labute approximate surface area is 114 Å². The Morgan fingerprint density at radius 1 is 1.42 bits per heavy atom. The van der Waals surface area contributed by atoms with Crippen molar-refractivity contribution in [3.8, 4) is 0 Å². The molecular formula is C15H22N2O2. The maximum absolute atomic E-state index is 11.7. The number of carbonyl (C=O) groups is 1. The fourth-order valence-corrected chi connectivity index (χ4v) is 2.54. The van der Waals surface area contributed by atoms with Gasteiger partial charge in [0.15, 0.2) is 0 Å². The van der Waals surface area contributed by atoms with Crippen LogP contribution in [0.25, 0.3) is 0 Å². The second-order valence-corrected chi connectivity index (χ2v) is 5.23. The molecule has 104 valence electrons. The van der Waals surface area contributed by atoms with Gasteiger partial charge in [-0.2, -0.15) is 0 Å². The molecule has 4 heteroatoms. The lowest BCUT2D eigenvalue weighted by Crippen LogP contribution is -2.42. The predicted molar refractivity (Wildman–Crippen MR) is 76.5 cm³/mol. The number of esters is 1. The third-order valence-corrected chi connectivity index (χ3v) is 3.90. The van der Waals surface area contributed by atoms with Gasteiger partial charge in [-0.3, -0.25) is 0 Å². The van der Waals surface area contributed by atoms with Gasteiger partial charge in [-0.1, -0.05) is 12.1 Å². The summed E-state index contributed by atoms with van der Waals surface area (Å²) in [6.45, 7) is 3.32. The molecule has 1 N–H and O–H groups in total. The lowest BCUT2D eigenvalue weighted by Gasteiger charge is -2.36. The summed E-state index contributed by atoms with van der Waals surface area (Å²) in [7, 11) is 3.57. The summed E-state index contributed by atoms with van der Waals surface area (Å²) in [6.07, 6.45) is 2.18. The first-order chi connectivity index (χ1) is 9.11. The number of carbonyl (C=O) groups excluding carboxylic acids is 1. The minimum Gasteiger partial charge on any atom is -0.465 e. The lowest BCUT2D eigenvalue weighted by molar-refractivity contribution is 0.0601. The van der Waals surface area contributed by atoms with Gasteiger partial charge in [-0.05, 0) is 38.9 Å². The molecule has 0 radical (unpaired) electrons. The molecule has 0 saturated carbocycles. The Kier molecular flexibility index (Phi) is 4.43. The van der Waals surface area contributed by atoms with Crippen LogP contribution in [0, 0.1) is 0 Å². The van der Waals surface area contributed by atoms with Crippen LogP contribution in [-0.2, 0) is 4.74 Å². The van der Waals surface area contributed by atoms with Gasteiger partial charge in [-0.25, -0.2) is 4.79 Å². The van der Waals surface area contributed by atoms with Crippen molar-refractivity contribution < 1.29 is 9.53 Å². The molecule has 2 atom stereocenters. The minimum atomic E-state index is -0.288. The normalized spacial score (nSPS) is 23.9. The number of piperidine rings is 1. The highest BCUT2D eigenvalue weighted by Gasteiger charge is 2.23. The van der Waals surface area contributed by atoms with Crippen LogP contribution in [0.4, 0.5) is 5.69 Å². The van der Waals surface area contributed by atoms with E-state index in [1.807, 2.05) is 18.2 Å². The van der Waals surface area contributed by atoms with E-state index >= 15 is 0 Å². The molecule has 1 saturated heterocycles. The standard InChI is InChI=1S/C15H22N2O2/c1-11-10-12(8-9-17(11)2)16-14-7-5-4-6-13(14)15(18)19-3/h4-7,11-12,16H,8-10H2,1-3H3. The maximum atomic E-state index is 11.7. The lowest BCUT2D eigenvalue weighted by atomic mass is 9.98. The summed E-state index contributed by atoms with van der Waals surface area (Å²) >= 11 is 0. The van der Waals surface area contributed by atoms with Gasteiger partial charge in [-0.15, -0.1) is 0 Å². The Balaban J connectivity index is 2.09. The van der Waals surface area contributed by atoms with Crippen LogP contribution in [0.5, 0.6) is 0 Å². The SMILES string of the molecule is COC(=O)c1ccccc1NC1CCN(C)C(C)C1. The molecule has 19 heavy (non-hydrogen) atoms. The van der Waals surface area contributed by atoms with Crippen molar-refractivity contribution in [1.29, 1.82) is 0 Å². The highest BCUT2D eigenvalue weighted by molar-refractivity contribution is 5.95. The van der Waals surface area contributed by atoms with E-state index in [1.54, 1.807) is 6.07 Å². The van der Waals surface area contributed by atoms with Crippen LogP contribution in [-0.4, -0.2) is 43.7 Å². The van der Waals surface area contributed by atoms with E-state index in [0.29, 0.717) is 17.6 Å². The zero-order valence-electron chi connectivity index (χ0n) is 11.8. The second-order valence-electron chi connectivity index (χ2n) is 5.23. The summed E-state index contributed by atoms with van der Waals surface area (Å²) in [4.78, 5) is 14.1. The molecule has 1 fully saturated rings. The summed E-state index contributed by atoms with van der Waals surface area (Å²) in [5.74, 6) is -0.288. The van der Waals surface area contributed by atoms with Crippen molar-refractivity contribution >= 4 is 11.7 Å². The number of benzene rings is 1. The number of para-hydroxylation sites is 1. The molecule has 1 aromatic carbocycles. The quantitative estimate of drug-likeness (QED) is 0.849. The van der Waals surface area contributed by atoms with Gasteiger partial charge in [0.25, 0.3) is 0 Å². The van der Waals surface area contributed by atoms with Gasteiger partial charge >= 0.3 is 5.97 Å². The number of hydrogen-bond acceptors (Lipinski definition) is 4. The average Bonchev–Trinajstić information content (AvgIpc) is 2.43. The van der Waals surface area contributed by atoms with Gasteiger partial charge < -0.3 is 15.0 Å². The van der Waals surface area contributed by atoms with Crippen molar-refractivity contribution in [2.75, 3.05) is 26.0 Å². The van der Waals surface area contributed by atoms with Crippen molar-refractivity contribution in [1.82, 2.24) is 4.90 Å². The van der Waals surface area contributed by atoms with E-state index in [0.717, 1.165) is 25.1 Å². The first-order valence-electron chi connectivity index (χ1n) is 6.76. The molecule has 2 unspecified atom stereocenters. The summed E-state index contributed by atoms with van der Waals surface area (Å²) in [5.41, 5.74) is 1.48. The predicted octanol–water partition coefficient (Wildman–Crippen LogP) is 2.37. The number of hydrogen-bond donors (Lipinski definition) is 1. The molecule has 0 spiro atoms. The molecule has 4 nitrogen and oxygen atoms in total. The second kappa shape index (κ2) is 6.06. The van der Waals surface area contributed by atoms with Crippen molar-refractivity contribution in [2.45, 2.75) is 31.8 Å². The zero-order valence-corrected chi connectivity index (χ0v) is 11.8. The van der Waals surface area contributed by atoms with E-state index in [2.05, 4.69) is 24.2 Å². The maximum Gasteiger partial charge on any atom is 0.339 e. The summed E-state index contributed by atoms with van der Waals surface area (Å²) < 4.78 is 4.82. The highest BCUT2D eigenvalue weighted by Crippen LogP contribution is 2.22. The first-order valence-corrected chi connectivity index (χ1v) is 6.76. The number of rotatable bonds is 3. The van der Waals surface area contributed by atoms with Gasteiger partial charge in [0.2, 0.25) is 0 Å². The van der Waals surface area contributed by atoms with E-state index in [-0.39, 0.29) is 5.97 Å². The number of nitrogens with zero attached hydrogens (tertiary/aromatic N) is 1. The van der Waals surface area contributed by atoms with Crippen LogP contribution in [0.2, 0.25) is 0 Å². The largest absolute Gasteiger partial charge is 0.465 e. The van der Waals surface area contributed by atoms with Gasteiger partial charge in [0, 0.05) is 24.3 Å². The molecule has 1 aromatic rings. The van der Waals surface area contributed by atoms with E-state index < -0.39 is 0 Å². The Hall–Kier alpha value is -1.55. The van der Waals surface area contributed by atoms with Crippen LogP contribution in [0.3, 0.4) is 0 Å². The number of methoxy groups -OCH3 is 1. The van der Waals surface area contributed by atoms with Crippen molar-refractivity contribution in [3.63, 3.8) is 0 Å². The molecule has 0 bridgehead atoms. The van der Waals surface area contributed by atoms with Crippen molar-refractivity contribution in [2.24, 2.45) is 0 Å². The van der Waals surface area contributed by atoms with Crippen LogP contribution >= 0.6 is 0 Å². The highest BCUT2D eigenvalue weighted by atomic mass is 16.5. The fraction of sp³-hybridized carbons (Fsp3) is 0.533. The Morgan fingerprint density at radius 3 is 2.84 bits per heavy atom. The molecular weight excluding hydrogens is 240 g/mol. The molecule has 0 aromatic heterocycles. The monoisotopic (exact) mass is 262 g/mol. The van der Waals surface area contributed by atoms with E-state index in [1.165, 1.54) is 7.11 Å². The zero-order chi connectivity index (χ0) is 13.8. The molecule has 0 aliphatic carbocycles. The third kappa shape index (κ3) is 3.26. The molecule has 1 aliphatic rings. The third-order valence-electron chi connectivity index (χ3n) is 3.90. The van der Waals surface area contributed by atoms with E-state index in [4.69, 9.17) is 4.74 Å². The van der Waals surface area contributed by atoms with Crippen LogP contribution < -0.4 is 5.32 Å². The summed E-state index contributed by atoms with van der Waals surface area (Å²) in [5, 5.41) is 3.49. The fourth-order valence-electron chi connectivity index (χ4n) is 2.54.